The number of benzene rings is 1. The molecule has 2 amide bonds. The molecule has 0 radical (unpaired) electrons. The van der Waals surface area contributed by atoms with Crippen LogP contribution < -0.4 is 21.2 Å². The van der Waals surface area contributed by atoms with Gasteiger partial charge >= 0.3 is 0 Å². The zero-order chi connectivity index (χ0) is 41.0. The van der Waals surface area contributed by atoms with Gasteiger partial charge in [-0.15, -0.1) is 0 Å². The summed E-state index contributed by atoms with van der Waals surface area (Å²) in [5.74, 6) is 5.69. The lowest BCUT2D eigenvalue weighted by atomic mass is 9.68. The van der Waals surface area contributed by atoms with Gasteiger partial charge in [-0.3, -0.25) is 24.2 Å². The van der Waals surface area contributed by atoms with Crippen LogP contribution in [0.2, 0.25) is 0 Å². The highest BCUT2D eigenvalue weighted by Gasteiger charge is 2.43. The molecule has 0 spiro atoms. The lowest BCUT2D eigenvalue weighted by Crippen LogP contribution is -2.55. The molecule has 2 aliphatic heterocycles. The Morgan fingerprint density at radius 2 is 1.54 bits per heavy atom. The van der Waals surface area contributed by atoms with E-state index >= 15 is 0 Å². The lowest BCUT2D eigenvalue weighted by Gasteiger charge is -2.49. The molecular weight excluding hydrogens is 773 g/mol. The van der Waals surface area contributed by atoms with Crippen LogP contribution in [0.5, 0.6) is 0 Å². The first-order valence-corrected chi connectivity index (χ1v) is 25.2. The van der Waals surface area contributed by atoms with Gasteiger partial charge < -0.3 is 20.6 Å². The van der Waals surface area contributed by atoms with E-state index in [1.54, 1.807) is 36.0 Å². The Hall–Kier alpha value is -2.99. The number of hydrogen-bond donors (Lipinski definition) is 4. The molecular formula is C48H68N6O3S2. The van der Waals surface area contributed by atoms with Crippen LogP contribution in [-0.2, 0) is 27.2 Å². The molecule has 3 aliphatic carbocycles. The van der Waals surface area contributed by atoms with Crippen molar-refractivity contribution in [1.29, 1.82) is 0 Å². The van der Waals surface area contributed by atoms with Crippen LogP contribution in [0.15, 0.2) is 30.6 Å². The number of aromatic amines is 2. The van der Waals surface area contributed by atoms with E-state index in [1.165, 1.54) is 51.0 Å². The first-order valence-electron chi connectivity index (χ1n) is 22.9. The molecule has 8 rings (SSSR count). The van der Waals surface area contributed by atoms with Crippen LogP contribution in [0.25, 0.3) is 22.6 Å². The number of amides is 2. The van der Waals surface area contributed by atoms with E-state index < -0.39 is 6.04 Å². The van der Waals surface area contributed by atoms with Gasteiger partial charge in [0.2, 0.25) is 11.8 Å². The first-order chi connectivity index (χ1) is 28.7. The van der Waals surface area contributed by atoms with Crippen molar-refractivity contribution in [2.45, 2.75) is 116 Å². The number of unbranched alkanes of at least 4 members (excludes halogenated alkanes) is 1. The molecule has 2 saturated heterocycles. The number of hydrogen-bond acceptors (Lipinski definition) is 7. The standard InChI is InChI=1S/C48H68N6O3S2/c1-5-16-53-24-32(18-37-36-10-9-12-40-47(36)34(22-50-40)20-42(37)53)26-59-29-45(57)52-39(31(4)55)11-7-8-15-49-44(56)28-58-27-33-19-38-43(54(25-33)17-6-2)21-35-23-51-41-14-13-30(3)46(38)48(35)41/h9-10,12,14,22-23,30,32-33,37-39,42-43,50-51H,5-8,11,13,15-21,24-29H2,1-4H3,(H,49,56)(H,52,57)/t30?,32-,33-,37?,38+,39?,42-,43-/m1/s1. The Labute approximate surface area is 360 Å². The topological polar surface area (TPSA) is 113 Å². The number of carbonyl (C=O) groups is 3. The highest BCUT2D eigenvalue weighted by atomic mass is 32.2. The number of nitrogens with zero attached hydrogens (tertiary/aromatic N) is 2. The third kappa shape index (κ3) is 9.43. The molecule has 3 unspecified atom stereocenters. The summed E-state index contributed by atoms with van der Waals surface area (Å²) in [7, 11) is 0. The second-order valence-corrected chi connectivity index (χ2v) is 20.6. The molecule has 3 aromatic rings. The van der Waals surface area contributed by atoms with Gasteiger partial charge in [0.05, 0.1) is 17.5 Å². The largest absolute Gasteiger partial charge is 0.361 e. The van der Waals surface area contributed by atoms with Crippen molar-refractivity contribution in [2.75, 3.05) is 55.7 Å². The SMILES string of the molecule is CCCN1C[C@H](CSCC(=O)NC(CCCCNC(=O)CSC[C@@H]2C[C@@H]3C4=c5c(c[nH]c5=CCC4C)C[C@H]3N(CCC)C2)C(C)=O)CC2c3cccc4[nH]cc(c34)C[C@H]21. The van der Waals surface area contributed by atoms with Crippen molar-refractivity contribution in [3.63, 3.8) is 0 Å². The molecule has 320 valence electrons. The van der Waals surface area contributed by atoms with Gasteiger partial charge in [0.1, 0.15) is 0 Å². The monoisotopic (exact) mass is 840 g/mol. The van der Waals surface area contributed by atoms with E-state index in [9.17, 15) is 14.4 Å². The maximum Gasteiger partial charge on any atom is 0.230 e. The highest BCUT2D eigenvalue weighted by molar-refractivity contribution is 8.00. The average Bonchev–Trinajstić information content (AvgIpc) is 3.84. The number of piperidine rings is 2. The van der Waals surface area contributed by atoms with E-state index in [4.69, 9.17) is 0 Å². The van der Waals surface area contributed by atoms with E-state index in [-0.39, 0.29) is 17.6 Å². The summed E-state index contributed by atoms with van der Waals surface area (Å²) in [5.41, 5.74) is 7.39. The molecule has 0 bridgehead atoms. The third-order valence-corrected chi connectivity index (χ3v) is 16.6. The lowest BCUT2D eigenvalue weighted by molar-refractivity contribution is -0.125. The van der Waals surface area contributed by atoms with Crippen LogP contribution in [0.3, 0.4) is 0 Å². The summed E-state index contributed by atoms with van der Waals surface area (Å²) in [6, 6.07) is 7.39. The maximum absolute atomic E-state index is 13.1. The number of thioether (sulfide) groups is 2. The summed E-state index contributed by atoms with van der Waals surface area (Å²) >= 11 is 3.49. The fraction of sp³-hybridized carbons (Fsp3) is 0.646. The number of H-pyrrole nitrogens is 2. The zero-order valence-corrected chi connectivity index (χ0v) is 37.6. The van der Waals surface area contributed by atoms with Gasteiger partial charge in [-0.2, -0.15) is 23.5 Å². The van der Waals surface area contributed by atoms with Crippen LogP contribution in [-0.4, -0.2) is 111 Å². The maximum atomic E-state index is 13.1. The molecule has 4 N–H and O–H groups in total. The molecule has 1 aromatic carbocycles. The summed E-state index contributed by atoms with van der Waals surface area (Å²) in [5, 5.41) is 10.5. The molecule has 59 heavy (non-hydrogen) atoms. The third-order valence-electron chi connectivity index (χ3n) is 14.3. The van der Waals surface area contributed by atoms with Gasteiger partial charge in [0.15, 0.2) is 5.78 Å². The average molecular weight is 841 g/mol. The molecule has 0 saturated carbocycles. The van der Waals surface area contributed by atoms with Gasteiger partial charge in [0, 0.05) is 71.5 Å². The molecule has 8 atom stereocenters. The number of aromatic nitrogens is 2. The minimum absolute atomic E-state index is 0.00339. The van der Waals surface area contributed by atoms with Gasteiger partial charge in [-0.25, -0.2) is 0 Å². The van der Waals surface area contributed by atoms with Gasteiger partial charge in [-0.05, 0) is 142 Å². The van der Waals surface area contributed by atoms with Crippen molar-refractivity contribution >= 4 is 63.7 Å². The Kier molecular flexibility index (Phi) is 14.0. The summed E-state index contributed by atoms with van der Waals surface area (Å²) in [6.45, 7) is 13.6. The van der Waals surface area contributed by atoms with Gasteiger partial charge in [-0.1, -0.05) is 44.6 Å². The number of Topliss-reactive ketones (excluding diaryl/α,β-unsaturated/α-hetero) is 1. The number of rotatable bonds is 19. The number of nitrogens with one attached hydrogen (secondary N) is 4. The number of carbonyl (C=O) groups excluding carboxylic acids is 3. The number of ketones is 1. The summed E-state index contributed by atoms with van der Waals surface area (Å²) < 4.78 is 0. The van der Waals surface area contributed by atoms with E-state index in [1.807, 2.05) is 0 Å². The predicted octanol–water partition coefficient (Wildman–Crippen LogP) is 6.01. The van der Waals surface area contributed by atoms with Crippen molar-refractivity contribution < 1.29 is 14.4 Å². The second kappa shape index (κ2) is 19.4. The minimum atomic E-state index is -0.474. The smallest absolute Gasteiger partial charge is 0.230 e. The molecule has 9 nitrogen and oxygen atoms in total. The van der Waals surface area contributed by atoms with Crippen molar-refractivity contribution in [2.24, 2.45) is 23.7 Å². The van der Waals surface area contributed by atoms with E-state index in [0.29, 0.717) is 66.1 Å². The predicted molar refractivity (Wildman–Crippen MR) is 245 cm³/mol. The summed E-state index contributed by atoms with van der Waals surface area (Å²) in [6.07, 6.45) is 17.1. The Bertz CT molecular complexity index is 2090. The van der Waals surface area contributed by atoms with Crippen LogP contribution in [0, 0.1) is 23.7 Å². The van der Waals surface area contributed by atoms with Crippen molar-refractivity contribution in [1.82, 2.24) is 30.4 Å². The Morgan fingerprint density at radius 3 is 2.27 bits per heavy atom. The van der Waals surface area contributed by atoms with Crippen LogP contribution in [0.4, 0.5) is 0 Å². The normalized spacial score (nSPS) is 26.7. The van der Waals surface area contributed by atoms with Crippen LogP contribution >= 0.6 is 23.5 Å². The van der Waals surface area contributed by atoms with Crippen molar-refractivity contribution in [3.8, 4) is 0 Å². The molecule has 2 aromatic heterocycles. The van der Waals surface area contributed by atoms with Gasteiger partial charge in [0.25, 0.3) is 0 Å². The Morgan fingerprint density at radius 1 is 0.864 bits per heavy atom. The molecule has 5 aliphatic rings. The van der Waals surface area contributed by atoms with E-state index in [2.05, 4.69) is 87.8 Å². The van der Waals surface area contributed by atoms with Crippen molar-refractivity contribution in [3.05, 3.63) is 57.9 Å². The fourth-order valence-electron chi connectivity index (χ4n) is 11.7. The first kappa shape index (κ1) is 42.7. The summed E-state index contributed by atoms with van der Waals surface area (Å²) in [4.78, 5) is 51.0. The molecule has 4 heterocycles. The molecule has 11 heteroatoms. The quantitative estimate of drug-likeness (QED) is 0.110. The minimum Gasteiger partial charge on any atom is -0.361 e. The van der Waals surface area contributed by atoms with E-state index in [0.717, 1.165) is 82.6 Å². The zero-order valence-electron chi connectivity index (χ0n) is 36.0. The fourth-order valence-corrected chi connectivity index (χ4v) is 13.7. The van der Waals surface area contributed by atoms with Crippen LogP contribution in [0.1, 0.15) is 102 Å². The highest BCUT2D eigenvalue weighted by Crippen LogP contribution is 2.46. The number of likely N-dealkylation sites (tertiary alicyclic amines) is 2. The Balaban J connectivity index is 0.733. The number of fused-ring (bicyclic) bond motifs is 4. The second-order valence-electron chi connectivity index (χ2n) is 18.5. The molecule has 2 fully saturated rings.